The van der Waals surface area contributed by atoms with Crippen molar-refractivity contribution in [1.29, 1.82) is 0 Å². The third kappa shape index (κ3) is 3.53. The van der Waals surface area contributed by atoms with Gasteiger partial charge in [-0.1, -0.05) is 92.7 Å². The van der Waals surface area contributed by atoms with E-state index in [4.69, 9.17) is 24.9 Å². The van der Waals surface area contributed by atoms with Crippen LogP contribution in [-0.4, -0.2) is 34.1 Å². The Kier molecular flexibility index (Phi) is 5.21. The van der Waals surface area contributed by atoms with E-state index in [2.05, 4.69) is 122 Å². The molecule has 0 fully saturated rings. The molecule has 0 spiro atoms. The summed E-state index contributed by atoms with van der Waals surface area (Å²) in [6, 6.07) is 40.0. The van der Waals surface area contributed by atoms with Crippen molar-refractivity contribution in [3.05, 3.63) is 139 Å². The lowest BCUT2D eigenvalue weighted by Crippen LogP contribution is -2.17. The Balaban J connectivity index is 1.34. The molecule has 222 valence electrons. The molecule has 0 bridgehead atoms. The number of hydrogen-bond acceptors (Lipinski definition) is 5. The first-order chi connectivity index (χ1) is 23.1. The van der Waals surface area contributed by atoms with Crippen LogP contribution in [0.25, 0.3) is 78.3 Å². The minimum absolute atomic E-state index is 0.252. The molecule has 47 heavy (non-hydrogen) atoms. The van der Waals surface area contributed by atoms with E-state index in [1.165, 1.54) is 22.3 Å². The van der Waals surface area contributed by atoms with Gasteiger partial charge in [-0.15, -0.1) is 0 Å². The lowest BCUT2D eigenvalue weighted by Gasteiger charge is -2.24. The smallest absolute Gasteiger partial charge is 0.242 e. The highest BCUT2D eigenvalue weighted by molar-refractivity contribution is 6.09. The molecular weight excluding hydrogens is 578 g/mol. The minimum Gasteiger partial charge on any atom is -0.278 e. The molecule has 0 N–H and O–H groups in total. The van der Waals surface area contributed by atoms with Crippen LogP contribution in [0, 0.1) is 0 Å². The molecule has 5 aromatic heterocycles. The summed E-state index contributed by atoms with van der Waals surface area (Å²) in [5, 5.41) is 4.27. The van der Waals surface area contributed by atoms with Crippen LogP contribution in [0.1, 0.15) is 25.0 Å². The molecule has 0 atom stereocenters. The van der Waals surface area contributed by atoms with Crippen LogP contribution in [0.3, 0.4) is 0 Å². The minimum atomic E-state index is -0.252. The summed E-state index contributed by atoms with van der Waals surface area (Å²) in [6.45, 7) is 4.58. The summed E-state index contributed by atoms with van der Waals surface area (Å²) in [5.41, 5.74) is 9.26. The second kappa shape index (κ2) is 9.40. The van der Waals surface area contributed by atoms with Crippen molar-refractivity contribution >= 4 is 43.9 Å². The van der Waals surface area contributed by atoms with E-state index >= 15 is 0 Å². The summed E-state index contributed by atoms with van der Waals surface area (Å²) in [7, 11) is 0. The molecule has 0 radical (unpaired) electrons. The van der Waals surface area contributed by atoms with Gasteiger partial charge in [-0.05, 0) is 58.7 Å². The predicted octanol–water partition coefficient (Wildman–Crippen LogP) is 8.83. The van der Waals surface area contributed by atoms with Crippen LogP contribution in [-0.2, 0) is 5.41 Å². The van der Waals surface area contributed by atoms with Gasteiger partial charge >= 0.3 is 0 Å². The van der Waals surface area contributed by atoms with E-state index in [0.717, 1.165) is 49.4 Å². The zero-order chi connectivity index (χ0) is 31.3. The Morgan fingerprint density at radius 1 is 0.468 bits per heavy atom. The van der Waals surface area contributed by atoms with Gasteiger partial charge in [0, 0.05) is 44.9 Å². The lowest BCUT2D eigenvalue weighted by atomic mass is 9.80. The summed E-state index contributed by atoms with van der Waals surface area (Å²) >= 11 is 0. The highest BCUT2D eigenvalue weighted by Crippen LogP contribution is 2.51. The van der Waals surface area contributed by atoms with Gasteiger partial charge in [0.1, 0.15) is 11.3 Å². The number of benzene rings is 4. The molecule has 1 aliphatic carbocycles. The Hall–Kier alpha value is -6.21. The summed E-state index contributed by atoms with van der Waals surface area (Å²) < 4.78 is 4.12. The third-order valence-corrected chi connectivity index (χ3v) is 9.70. The quantitative estimate of drug-likeness (QED) is 0.201. The SMILES string of the molecule is CC1(C)c2ccccc2-c2cccc(-c3nc(-n4c5ccccc5c5ccccc54)nc(-n4c5ncccc5c5cccnc54)n3)c21. The fourth-order valence-electron chi connectivity index (χ4n) is 7.71. The topological polar surface area (TPSA) is 74.3 Å². The van der Waals surface area contributed by atoms with Gasteiger partial charge < -0.3 is 0 Å². The maximum atomic E-state index is 5.31. The summed E-state index contributed by atoms with van der Waals surface area (Å²) in [6.07, 6.45) is 3.61. The van der Waals surface area contributed by atoms with Gasteiger partial charge in [-0.2, -0.15) is 15.0 Å². The molecule has 7 heteroatoms. The largest absolute Gasteiger partial charge is 0.278 e. The Morgan fingerprint density at radius 3 is 1.68 bits per heavy atom. The highest BCUT2D eigenvalue weighted by atomic mass is 15.3. The van der Waals surface area contributed by atoms with Gasteiger partial charge in [-0.3, -0.25) is 4.57 Å². The molecule has 0 saturated heterocycles. The van der Waals surface area contributed by atoms with Crippen molar-refractivity contribution in [3.8, 4) is 34.4 Å². The molecule has 0 saturated carbocycles. The number of fused-ring (bicyclic) bond motifs is 9. The van der Waals surface area contributed by atoms with Crippen LogP contribution in [0.15, 0.2) is 128 Å². The average molecular weight is 606 g/mol. The number of hydrogen-bond donors (Lipinski definition) is 0. The van der Waals surface area contributed by atoms with Crippen molar-refractivity contribution in [1.82, 2.24) is 34.1 Å². The molecule has 1 aliphatic rings. The molecule has 4 aromatic carbocycles. The molecule has 0 aliphatic heterocycles. The number of aromatic nitrogens is 7. The van der Waals surface area contributed by atoms with Crippen molar-refractivity contribution in [3.63, 3.8) is 0 Å². The normalized spacial score (nSPS) is 13.5. The third-order valence-electron chi connectivity index (χ3n) is 9.70. The van der Waals surface area contributed by atoms with Crippen LogP contribution >= 0.6 is 0 Å². The molecule has 7 nitrogen and oxygen atoms in total. The predicted molar refractivity (Wildman–Crippen MR) is 187 cm³/mol. The van der Waals surface area contributed by atoms with E-state index in [1.54, 1.807) is 12.4 Å². The summed E-state index contributed by atoms with van der Waals surface area (Å²) in [4.78, 5) is 25.4. The fraction of sp³-hybridized carbons (Fsp3) is 0.0750. The number of para-hydroxylation sites is 2. The van der Waals surface area contributed by atoms with Crippen molar-refractivity contribution in [2.75, 3.05) is 0 Å². The van der Waals surface area contributed by atoms with Crippen molar-refractivity contribution < 1.29 is 0 Å². The summed E-state index contributed by atoms with van der Waals surface area (Å²) in [5.74, 6) is 1.61. The number of rotatable bonds is 3. The van der Waals surface area contributed by atoms with Crippen LogP contribution < -0.4 is 0 Å². The van der Waals surface area contributed by atoms with Crippen molar-refractivity contribution in [2.45, 2.75) is 19.3 Å². The first kappa shape index (κ1) is 26.1. The first-order valence-electron chi connectivity index (χ1n) is 15.8. The van der Waals surface area contributed by atoms with Crippen LogP contribution in [0.2, 0.25) is 0 Å². The van der Waals surface area contributed by atoms with E-state index in [0.29, 0.717) is 17.7 Å². The zero-order valence-corrected chi connectivity index (χ0v) is 25.8. The van der Waals surface area contributed by atoms with E-state index in [1.807, 2.05) is 16.7 Å². The molecule has 10 rings (SSSR count). The monoisotopic (exact) mass is 605 g/mol. The molecule has 5 heterocycles. The van der Waals surface area contributed by atoms with E-state index in [-0.39, 0.29) is 5.41 Å². The Labute approximate surface area is 269 Å². The number of pyridine rings is 2. The number of nitrogens with zero attached hydrogens (tertiary/aromatic N) is 7. The lowest BCUT2D eigenvalue weighted by molar-refractivity contribution is 0.661. The van der Waals surface area contributed by atoms with Gasteiger partial charge in [0.05, 0.1) is 11.0 Å². The standard InChI is InChI=1S/C40H27N7/c1-40(2)31-19-6-3-12-24(31)27-15-9-16-30(34(27)40)35-43-38(46-32-20-7-4-13-25(32)26-14-5-8-21-33(26)46)45-39(44-35)47-36-28(17-10-22-41-36)29-18-11-23-42-37(29)47/h3-23H,1-2H3. The van der Waals surface area contributed by atoms with Gasteiger partial charge in [0.15, 0.2) is 5.82 Å². The van der Waals surface area contributed by atoms with Gasteiger partial charge in [0.2, 0.25) is 11.9 Å². The molecule has 9 aromatic rings. The zero-order valence-electron chi connectivity index (χ0n) is 25.8. The van der Waals surface area contributed by atoms with Crippen LogP contribution in [0.4, 0.5) is 0 Å². The molecule has 0 amide bonds. The van der Waals surface area contributed by atoms with Gasteiger partial charge in [0.25, 0.3) is 0 Å². The fourth-order valence-corrected chi connectivity index (χ4v) is 7.71. The second-order valence-corrected chi connectivity index (χ2v) is 12.6. The average Bonchev–Trinajstić information content (AvgIpc) is 3.72. The molecular formula is C40H27N7. The van der Waals surface area contributed by atoms with Crippen LogP contribution in [0.5, 0.6) is 0 Å². The van der Waals surface area contributed by atoms with E-state index < -0.39 is 0 Å². The van der Waals surface area contributed by atoms with Gasteiger partial charge in [-0.25, -0.2) is 14.5 Å². The highest BCUT2D eigenvalue weighted by Gasteiger charge is 2.38. The maximum Gasteiger partial charge on any atom is 0.242 e. The van der Waals surface area contributed by atoms with E-state index in [9.17, 15) is 0 Å². The van der Waals surface area contributed by atoms with Crippen molar-refractivity contribution in [2.24, 2.45) is 0 Å². The Bertz CT molecular complexity index is 2490. The first-order valence-corrected chi connectivity index (χ1v) is 15.8. The molecule has 0 unspecified atom stereocenters. The Morgan fingerprint density at radius 2 is 1.00 bits per heavy atom. The maximum absolute atomic E-state index is 5.31. The second-order valence-electron chi connectivity index (χ2n) is 12.6.